The van der Waals surface area contributed by atoms with Gasteiger partial charge >= 0.3 is 5.97 Å². The Balaban J connectivity index is 1.23. The molecule has 2 heterocycles. The summed E-state index contributed by atoms with van der Waals surface area (Å²) in [5.41, 5.74) is 0.906. The van der Waals surface area contributed by atoms with Crippen molar-refractivity contribution in [2.45, 2.75) is 6.92 Å². The summed E-state index contributed by atoms with van der Waals surface area (Å²) in [6.07, 6.45) is 0. The average molecular weight is 439 g/mol. The van der Waals surface area contributed by atoms with Gasteiger partial charge in [-0.15, -0.1) is 0 Å². The summed E-state index contributed by atoms with van der Waals surface area (Å²) in [7, 11) is 0. The number of carbonyl (C=O) groups excluding carboxylic acids is 3. The first-order chi connectivity index (χ1) is 15.5. The highest BCUT2D eigenvalue weighted by atomic mass is 16.7. The van der Waals surface area contributed by atoms with Gasteiger partial charge in [-0.25, -0.2) is 0 Å². The van der Waals surface area contributed by atoms with Crippen molar-refractivity contribution in [3.8, 4) is 17.2 Å². The minimum absolute atomic E-state index is 0.155. The van der Waals surface area contributed by atoms with Crippen LogP contribution in [0.4, 0.5) is 0 Å². The molecule has 2 amide bonds. The number of amides is 2. The quantitative estimate of drug-likeness (QED) is 0.539. The Morgan fingerprint density at radius 1 is 1.00 bits per heavy atom. The average Bonchev–Trinajstić information content (AvgIpc) is 3.27. The summed E-state index contributed by atoms with van der Waals surface area (Å²) in [4.78, 5) is 40.5. The molecule has 32 heavy (non-hydrogen) atoms. The number of piperazine rings is 1. The number of rotatable bonds is 6. The van der Waals surface area contributed by atoms with E-state index in [2.05, 4.69) is 10.2 Å². The predicted octanol–water partition coefficient (Wildman–Crippen LogP) is 1.53. The number of benzene rings is 2. The van der Waals surface area contributed by atoms with E-state index in [-0.39, 0.29) is 24.4 Å². The first kappa shape index (κ1) is 21.6. The highest BCUT2D eigenvalue weighted by molar-refractivity contribution is 5.97. The molecule has 9 nitrogen and oxygen atoms in total. The lowest BCUT2D eigenvalue weighted by molar-refractivity contribution is -0.131. The van der Waals surface area contributed by atoms with E-state index in [1.807, 2.05) is 0 Å². The van der Waals surface area contributed by atoms with Crippen LogP contribution < -0.4 is 19.5 Å². The molecule has 0 spiro atoms. The largest absolute Gasteiger partial charge is 0.454 e. The van der Waals surface area contributed by atoms with E-state index in [0.717, 1.165) is 0 Å². The van der Waals surface area contributed by atoms with Gasteiger partial charge in [-0.2, -0.15) is 0 Å². The van der Waals surface area contributed by atoms with Gasteiger partial charge in [0, 0.05) is 51.8 Å². The zero-order valence-corrected chi connectivity index (χ0v) is 17.8. The molecule has 1 N–H and O–H groups in total. The van der Waals surface area contributed by atoms with E-state index >= 15 is 0 Å². The van der Waals surface area contributed by atoms with Crippen molar-refractivity contribution in [1.29, 1.82) is 0 Å². The SMILES string of the molecule is CC(=O)Oc1ccccc1C(=O)N1CCN(CCNC(=O)c2ccc3c(c2)OCO3)CC1. The lowest BCUT2D eigenvalue weighted by Crippen LogP contribution is -2.50. The minimum Gasteiger partial charge on any atom is -0.454 e. The number of para-hydroxylation sites is 1. The van der Waals surface area contributed by atoms with Crippen LogP contribution >= 0.6 is 0 Å². The van der Waals surface area contributed by atoms with Gasteiger partial charge in [-0.1, -0.05) is 12.1 Å². The Kier molecular flexibility index (Phi) is 6.55. The molecule has 2 aromatic carbocycles. The molecule has 168 valence electrons. The molecule has 0 saturated carbocycles. The van der Waals surface area contributed by atoms with E-state index in [4.69, 9.17) is 14.2 Å². The molecular weight excluding hydrogens is 414 g/mol. The van der Waals surface area contributed by atoms with Crippen LogP contribution in [-0.2, 0) is 4.79 Å². The number of nitrogens with zero attached hydrogens (tertiary/aromatic N) is 2. The lowest BCUT2D eigenvalue weighted by atomic mass is 10.1. The summed E-state index contributed by atoms with van der Waals surface area (Å²) < 4.78 is 15.7. The Morgan fingerprint density at radius 2 is 1.75 bits per heavy atom. The van der Waals surface area contributed by atoms with Crippen LogP contribution in [0.1, 0.15) is 27.6 Å². The van der Waals surface area contributed by atoms with Crippen LogP contribution in [-0.4, -0.2) is 73.6 Å². The Morgan fingerprint density at radius 3 is 2.53 bits per heavy atom. The fourth-order valence-electron chi connectivity index (χ4n) is 3.70. The van der Waals surface area contributed by atoms with Crippen molar-refractivity contribution in [2.24, 2.45) is 0 Å². The Labute approximate surface area is 185 Å². The summed E-state index contributed by atoms with van der Waals surface area (Å²) >= 11 is 0. The molecule has 0 bridgehead atoms. The fourth-order valence-corrected chi connectivity index (χ4v) is 3.70. The van der Waals surface area contributed by atoms with Gasteiger partial charge in [0.1, 0.15) is 5.75 Å². The van der Waals surface area contributed by atoms with Crippen molar-refractivity contribution in [2.75, 3.05) is 46.1 Å². The smallest absolute Gasteiger partial charge is 0.308 e. The van der Waals surface area contributed by atoms with E-state index in [9.17, 15) is 14.4 Å². The summed E-state index contributed by atoms with van der Waals surface area (Å²) in [6.45, 7) is 5.17. The van der Waals surface area contributed by atoms with Crippen molar-refractivity contribution in [3.63, 3.8) is 0 Å². The normalized spacial score (nSPS) is 15.3. The zero-order valence-electron chi connectivity index (χ0n) is 17.8. The third-order valence-corrected chi connectivity index (χ3v) is 5.38. The number of hydrogen-bond donors (Lipinski definition) is 1. The van der Waals surface area contributed by atoms with Gasteiger partial charge in [0.2, 0.25) is 6.79 Å². The summed E-state index contributed by atoms with van der Waals surface area (Å²) in [5, 5.41) is 2.92. The highest BCUT2D eigenvalue weighted by Crippen LogP contribution is 2.32. The van der Waals surface area contributed by atoms with Crippen LogP contribution in [0.3, 0.4) is 0 Å². The molecule has 9 heteroatoms. The number of esters is 1. The van der Waals surface area contributed by atoms with Gasteiger partial charge in [0.25, 0.3) is 11.8 Å². The number of nitrogens with one attached hydrogen (secondary N) is 1. The standard InChI is InChI=1S/C23H25N3O6/c1-16(27)32-19-5-3-2-4-18(19)23(29)26-12-10-25(11-13-26)9-8-24-22(28)17-6-7-20-21(14-17)31-15-30-20/h2-7,14H,8-13,15H2,1H3,(H,24,28). The van der Waals surface area contributed by atoms with Gasteiger partial charge in [-0.3, -0.25) is 19.3 Å². The third-order valence-electron chi connectivity index (χ3n) is 5.38. The monoisotopic (exact) mass is 439 g/mol. The second-order valence-electron chi connectivity index (χ2n) is 7.55. The molecule has 1 fully saturated rings. The second kappa shape index (κ2) is 9.69. The maximum Gasteiger partial charge on any atom is 0.308 e. The van der Waals surface area contributed by atoms with Gasteiger partial charge < -0.3 is 24.4 Å². The molecule has 0 unspecified atom stereocenters. The van der Waals surface area contributed by atoms with E-state index in [1.165, 1.54) is 6.92 Å². The van der Waals surface area contributed by atoms with E-state index in [1.54, 1.807) is 47.4 Å². The van der Waals surface area contributed by atoms with Crippen LogP contribution in [0.2, 0.25) is 0 Å². The first-order valence-corrected chi connectivity index (χ1v) is 10.5. The van der Waals surface area contributed by atoms with Crippen LogP contribution in [0.25, 0.3) is 0 Å². The summed E-state index contributed by atoms with van der Waals surface area (Å²) in [5.74, 6) is 0.714. The molecule has 1 saturated heterocycles. The zero-order chi connectivity index (χ0) is 22.5. The van der Waals surface area contributed by atoms with Crippen molar-refractivity contribution < 1.29 is 28.6 Å². The molecule has 0 radical (unpaired) electrons. The number of carbonyl (C=O) groups is 3. The number of ether oxygens (including phenoxy) is 3. The van der Waals surface area contributed by atoms with E-state index in [0.29, 0.717) is 61.9 Å². The Bertz CT molecular complexity index is 1020. The first-order valence-electron chi connectivity index (χ1n) is 10.5. The number of hydrogen-bond acceptors (Lipinski definition) is 7. The molecule has 2 aromatic rings. The van der Waals surface area contributed by atoms with Crippen molar-refractivity contribution >= 4 is 17.8 Å². The summed E-state index contributed by atoms with van der Waals surface area (Å²) in [6, 6.07) is 11.9. The molecule has 2 aliphatic rings. The number of fused-ring (bicyclic) bond motifs is 1. The van der Waals surface area contributed by atoms with Crippen molar-refractivity contribution in [1.82, 2.24) is 15.1 Å². The molecular formula is C23H25N3O6. The molecule has 0 aliphatic carbocycles. The maximum atomic E-state index is 12.9. The van der Waals surface area contributed by atoms with Gasteiger partial charge in [-0.05, 0) is 30.3 Å². The Hall–Kier alpha value is -3.59. The molecule has 0 atom stereocenters. The molecule has 4 rings (SSSR count). The lowest BCUT2D eigenvalue weighted by Gasteiger charge is -2.35. The minimum atomic E-state index is -0.460. The van der Waals surface area contributed by atoms with E-state index < -0.39 is 5.97 Å². The maximum absolute atomic E-state index is 12.9. The topological polar surface area (TPSA) is 97.4 Å². The third kappa shape index (κ3) is 5.00. The van der Waals surface area contributed by atoms with Gasteiger partial charge in [0.05, 0.1) is 5.56 Å². The van der Waals surface area contributed by atoms with Crippen LogP contribution in [0, 0.1) is 0 Å². The predicted molar refractivity (Wildman–Crippen MR) is 115 cm³/mol. The van der Waals surface area contributed by atoms with Gasteiger partial charge in [0.15, 0.2) is 11.5 Å². The molecule has 2 aliphatic heterocycles. The van der Waals surface area contributed by atoms with Crippen molar-refractivity contribution in [3.05, 3.63) is 53.6 Å². The van der Waals surface area contributed by atoms with Crippen LogP contribution in [0.15, 0.2) is 42.5 Å². The highest BCUT2D eigenvalue weighted by Gasteiger charge is 2.24. The fraction of sp³-hybridized carbons (Fsp3) is 0.348. The molecule has 0 aromatic heterocycles. The van der Waals surface area contributed by atoms with Crippen LogP contribution in [0.5, 0.6) is 17.2 Å². The second-order valence-corrected chi connectivity index (χ2v) is 7.55.